The molecule has 16 heavy (non-hydrogen) atoms. The van der Waals surface area contributed by atoms with Crippen LogP contribution in [0.3, 0.4) is 0 Å². The Hall–Kier alpha value is -1.09. The van der Waals surface area contributed by atoms with Gasteiger partial charge in [-0.1, -0.05) is 6.07 Å². The summed E-state index contributed by atoms with van der Waals surface area (Å²) in [4.78, 5) is 13.6. The number of amides is 1. The average molecular weight is 246 g/mol. The van der Waals surface area contributed by atoms with Crippen LogP contribution in [0.5, 0.6) is 0 Å². The first-order valence-electron chi connectivity index (χ1n) is 5.12. The number of halogens is 2. The van der Waals surface area contributed by atoms with Crippen LogP contribution in [0.15, 0.2) is 24.3 Å². The van der Waals surface area contributed by atoms with E-state index < -0.39 is 0 Å². The molecule has 0 heterocycles. The van der Waals surface area contributed by atoms with Gasteiger partial charge in [0.15, 0.2) is 0 Å². The third kappa shape index (κ3) is 3.49. The molecular weight excluding hydrogens is 229 g/mol. The van der Waals surface area contributed by atoms with Crippen molar-refractivity contribution in [3.8, 4) is 0 Å². The summed E-state index contributed by atoms with van der Waals surface area (Å²) in [6, 6.07) is 5.92. The summed E-state index contributed by atoms with van der Waals surface area (Å²) in [5.41, 5.74) is 0.408. The Morgan fingerprint density at radius 2 is 2.06 bits per heavy atom. The van der Waals surface area contributed by atoms with Crippen molar-refractivity contribution in [2.24, 2.45) is 0 Å². The molecule has 4 heteroatoms. The number of hydrogen-bond donors (Lipinski definition) is 0. The van der Waals surface area contributed by atoms with E-state index in [4.69, 9.17) is 0 Å². The Balaban J connectivity index is 0.00000225. The molecule has 1 amide bonds. The van der Waals surface area contributed by atoms with Gasteiger partial charge in [0.1, 0.15) is 5.82 Å². The molecule has 0 fully saturated rings. The maximum absolute atomic E-state index is 12.9. The number of rotatable bonds is 3. The summed E-state index contributed by atoms with van der Waals surface area (Å²) < 4.78 is 12.9. The zero-order valence-corrected chi connectivity index (χ0v) is 10.6. The van der Waals surface area contributed by atoms with Crippen molar-refractivity contribution < 1.29 is 9.18 Å². The third-order valence-electron chi connectivity index (χ3n) is 2.30. The minimum atomic E-state index is -0.374. The van der Waals surface area contributed by atoms with Crippen LogP contribution in [0.4, 0.5) is 4.39 Å². The first kappa shape index (κ1) is 14.9. The molecule has 2 nitrogen and oxygen atoms in total. The zero-order valence-electron chi connectivity index (χ0n) is 9.74. The van der Waals surface area contributed by atoms with E-state index in [1.54, 1.807) is 17.0 Å². The van der Waals surface area contributed by atoms with Gasteiger partial charge in [0, 0.05) is 18.2 Å². The first-order valence-corrected chi connectivity index (χ1v) is 5.12. The number of carbonyl (C=O) groups excluding carboxylic acids is 1. The first-order chi connectivity index (χ1) is 7.06. The molecular formula is C12H17ClFNO. The van der Waals surface area contributed by atoms with E-state index in [1.165, 1.54) is 12.1 Å². The smallest absolute Gasteiger partial charge is 0.254 e. The number of benzene rings is 1. The predicted molar refractivity (Wildman–Crippen MR) is 65.5 cm³/mol. The highest BCUT2D eigenvalue weighted by Gasteiger charge is 2.16. The van der Waals surface area contributed by atoms with E-state index in [0.29, 0.717) is 12.1 Å². The summed E-state index contributed by atoms with van der Waals surface area (Å²) in [6.07, 6.45) is 0. The van der Waals surface area contributed by atoms with Crippen molar-refractivity contribution in [1.29, 1.82) is 0 Å². The van der Waals surface area contributed by atoms with Crippen LogP contribution < -0.4 is 0 Å². The molecule has 0 aliphatic rings. The fraction of sp³-hybridized carbons (Fsp3) is 0.417. The van der Waals surface area contributed by atoms with Crippen LogP contribution in [-0.4, -0.2) is 23.4 Å². The van der Waals surface area contributed by atoms with Gasteiger partial charge in [0.25, 0.3) is 5.91 Å². The van der Waals surface area contributed by atoms with Crippen LogP contribution in [0.25, 0.3) is 0 Å². The highest BCUT2D eigenvalue weighted by molar-refractivity contribution is 5.94. The molecule has 90 valence electrons. The highest BCUT2D eigenvalue weighted by atomic mass is 35.5. The zero-order chi connectivity index (χ0) is 11.4. The summed E-state index contributed by atoms with van der Waals surface area (Å²) in [6.45, 7) is 6.44. The van der Waals surface area contributed by atoms with E-state index in [0.717, 1.165) is 0 Å². The standard InChI is InChI=1S/C12H16FNO.ClH/c1-4-14(9(2)3)12(15)10-6-5-7-11(13)8-10;/h5-9H,4H2,1-3H3;1H. The molecule has 0 aliphatic heterocycles. The SMILES string of the molecule is CCN(C(=O)c1cccc(F)c1)C(C)C.Cl. The predicted octanol–water partition coefficient (Wildman–Crippen LogP) is 3.12. The minimum Gasteiger partial charge on any atom is -0.337 e. The van der Waals surface area contributed by atoms with E-state index in [9.17, 15) is 9.18 Å². The second-order valence-corrected chi connectivity index (χ2v) is 3.70. The lowest BCUT2D eigenvalue weighted by Gasteiger charge is -2.25. The molecule has 0 saturated carbocycles. The Labute approximate surface area is 102 Å². The lowest BCUT2D eigenvalue weighted by atomic mass is 10.1. The van der Waals surface area contributed by atoms with Crippen LogP contribution in [-0.2, 0) is 0 Å². The fourth-order valence-corrected chi connectivity index (χ4v) is 1.53. The summed E-state index contributed by atoms with van der Waals surface area (Å²) in [7, 11) is 0. The van der Waals surface area contributed by atoms with Crippen molar-refractivity contribution in [3.63, 3.8) is 0 Å². The molecule has 0 bridgehead atoms. The number of nitrogens with zero attached hydrogens (tertiary/aromatic N) is 1. The lowest BCUT2D eigenvalue weighted by molar-refractivity contribution is 0.0716. The molecule has 0 saturated heterocycles. The Bertz CT molecular complexity index is 355. The topological polar surface area (TPSA) is 20.3 Å². The van der Waals surface area contributed by atoms with Crippen molar-refractivity contribution in [1.82, 2.24) is 4.90 Å². The van der Waals surface area contributed by atoms with Crippen LogP contribution in [0.1, 0.15) is 31.1 Å². The van der Waals surface area contributed by atoms with Gasteiger partial charge >= 0.3 is 0 Å². The van der Waals surface area contributed by atoms with E-state index in [1.807, 2.05) is 20.8 Å². The Morgan fingerprint density at radius 3 is 2.50 bits per heavy atom. The average Bonchev–Trinajstić information content (AvgIpc) is 2.18. The normalized spacial score (nSPS) is 9.81. The Kier molecular flexibility index (Phi) is 6.04. The lowest BCUT2D eigenvalue weighted by Crippen LogP contribution is -2.36. The molecule has 0 N–H and O–H groups in total. The molecule has 0 radical (unpaired) electrons. The maximum Gasteiger partial charge on any atom is 0.254 e. The van der Waals surface area contributed by atoms with E-state index in [2.05, 4.69) is 0 Å². The van der Waals surface area contributed by atoms with Gasteiger partial charge in [-0.15, -0.1) is 12.4 Å². The van der Waals surface area contributed by atoms with Crippen LogP contribution >= 0.6 is 12.4 Å². The van der Waals surface area contributed by atoms with Crippen molar-refractivity contribution in [2.75, 3.05) is 6.54 Å². The van der Waals surface area contributed by atoms with Crippen molar-refractivity contribution in [3.05, 3.63) is 35.6 Å². The summed E-state index contributed by atoms with van der Waals surface area (Å²) in [5, 5.41) is 0. The van der Waals surface area contributed by atoms with Gasteiger partial charge in [-0.25, -0.2) is 4.39 Å². The monoisotopic (exact) mass is 245 g/mol. The highest BCUT2D eigenvalue weighted by Crippen LogP contribution is 2.09. The van der Waals surface area contributed by atoms with Gasteiger partial charge < -0.3 is 4.90 Å². The molecule has 0 spiro atoms. The summed E-state index contributed by atoms with van der Waals surface area (Å²) >= 11 is 0. The molecule has 1 rings (SSSR count). The van der Waals surface area contributed by atoms with E-state index >= 15 is 0 Å². The second kappa shape index (κ2) is 6.48. The van der Waals surface area contributed by atoms with Gasteiger partial charge in [0.05, 0.1) is 0 Å². The number of carbonyl (C=O) groups is 1. The largest absolute Gasteiger partial charge is 0.337 e. The third-order valence-corrected chi connectivity index (χ3v) is 2.30. The molecule has 0 atom stereocenters. The molecule has 1 aromatic rings. The van der Waals surface area contributed by atoms with Gasteiger partial charge in [-0.05, 0) is 39.0 Å². The van der Waals surface area contributed by atoms with Gasteiger partial charge in [0.2, 0.25) is 0 Å². The van der Waals surface area contributed by atoms with Gasteiger partial charge in [-0.3, -0.25) is 4.79 Å². The molecule has 0 aliphatic carbocycles. The molecule has 0 aromatic heterocycles. The molecule has 0 unspecified atom stereocenters. The molecule has 1 aromatic carbocycles. The van der Waals surface area contributed by atoms with Crippen LogP contribution in [0, 0.1) is 5.82 Å². The summed E-state index contributed by atoms with van der Waals surface area (Å²) in [5.74, 6) is -0.493. The number of hydrogen-bond acceptors (Lipinski definition) is 1. The van der Waals surface area contributed by atoms with E-state index in [-0.39, 0.29) is 30.2 Å². The second-order valence-electron chi connectivity index (χ2n) is 3.70. The minimum absolute atomic E-state index is 0. The maximum atomic E-state index is 12.9. The quantitative estimate of drug-likeness (QED) is 0.801. The van der Waals surface area contributed by atoms with Crippen molar-refractivity contribution in [2.45, 2.75) is 26.8 Å². The Morgan fingerprint density at radius 1 is 1.44 bits per heavy atom. The van der Waals surface area contributed by atoms with Gasteiger partial charge in [-0.2, -0.15) is 0 Å². The fourth-order valence-electron chi connectivity index (χ4n) is 1.53. The van der Waals surface area contributed by atoms with Crippen molar-refractivity contribution >= 4 is 18.3 Å². The van der Waals surface area contributed by atoms with Crippen LogP contribution in [0.2, 0.25) is 0 Å².